The van der Waals surface area contributed by atoms with E-state index in [1.54, 1.807) is 24.3 Å². The Hall–Kier alpha value is -1.55. The molecular formula is C14H23N3O. The van der Waals surface area contributed by atoms with Crippen molar-refractivity contribution in [2.75, 3.05) is 26.4 Å². The predicted octanol–water partition coefficient (Wildman–Crippen LogP) is 1.73. The number of nitrogens with two attached hydrogens (primary N) is 1. The van der Waals surface area contributed by atoms with Crippen LogP contribution in [0, 0.1) is 0 Å². The Morgan fingerprint density at radius 1 is 1.28 bits per heavy atom. The second kappa shape index (κ2) is 5.87. The first-order valence-electron chi connectivity index (χ1n) is 6.13. The van der Waals surface area contributed by atoms with Gasteiger partial charge in [0, 0.05) is 16.8 Å². The molecule has 0 aliphatic rings. The van der Waals surface area contributed by atoms with Gasteiger partial charge in [0.05, 0.1) is 0 Å². The minimum Gasteiger partial charge on any atom is -0.399 e. The fourth-order valence-electron chi connectivity index (χ4n) is 1.58. The Morgan fingerprint density at radius 3 is 2.33 bits per heavy atom. The smallest absolute Gasteiger partial charge is 0.251 e. The zero-order valence-electron chi connectivity index (χ0n) is 11.7. The Labute approximate surface area is 109 Å². The van der Waals surface area contributed by atoms with Crippen molar-refractivity contribution in [1.29, 1.82) is 0 Å². The third-order valence-corrected chi connectivity index (χ3v) is 2.81. The van der Waals surface area contributed by atoms with Gasteiger partial charge in [-0.1, -0.05) is 0 Å². The zero-order chi connectivity index (χ0) is 13.8. The van der Waals surface area contributed by atoms with Gasteiger partial charge in [-0.05, 0) is 65.2 Å². The number of hydrogen-bond donors (Lipinski definition) is 2. The summed E-state index contributed by atoms with van der Waals surface area (Å²) >= 11 is 0. The number of benzene rings is 1. The number of carbonyl (C=O) groups is 1. The van der Waals surface area contributed by atoms with Crippen LogP contribution in [0.3, 0.4) is 0 Å². The Balaban J connectivity index is 2.60. The fraction of sp³-hybridized carbons (Fsp3) is 0.500. The summed E-state index contributed by atoms with van der Waals surface area (Å²) in [7, 11) is 4.05. The topological polar surface area (TPSA) is 58.4 Å². The molecule has 1 aromatic carbocycles. The molecule has 0 aliphatic carbocycles. The quantitative estimate of drug-likeness (QED) is 0.781. The Kier molecular flexibility index (Phi) is 4.73. The van der Waals surface area contributed by atoms with Crippen LogP contribution in [0.1, 0.15) is 30.6 Å². The summed E-state index contributed by atoms with van der Waals surface area (Å²) in [6.45, 7) is 5.01. The van der Waals surface area contributed by atoms with Crippen LogP contribution in [0.2, 0.25) is 0 Å². The number of rotatable bonds is 5. The van der Waals surface area contributed by atoms with Crippen LogP contribution in [0.15, 0.2) is 24.3 Å². The first kappa shape index (κ1) is 14.5. The maximum Gasteiger partial charge on any atom is 0.251 e. The van der Waals surface area contributed by atoms with Crippen molar-refractivity contribution in [3.05, 3.63) is 29.8 Å². The molecule has 0 heterocycles. The van der Waals surface area contributed by atoms with Gasteiger partial charge in [0.15, 0.2) is 0 Å². The average Bonchev–Trinajstić information content (AvgIpc) is 2.27. The molecule has 3 N–H and O–H groups in total. The van der Waals surface area contributed by atoms with Gasteiger partial charge in [0.2, 0.25) is 0 Å². The molecule has 0 radical (unpaired) electrons. The number of nitrogens with zero attached hydrogens (tertiary/aromatic N) is 1. The van der Waals surface area contributed by atoms with Crippen molar-refractivity contribution < 1.29 is 4.79 Å². The standard InChI is InChI=1S/C14H23N3O/c1-14(2,9-10-17(3)4)16-13(18)11-5-7-12(15)8-6-11/h5-8H,9-10,15H2,1-4H3,(H,16,18). The fourth-order valence-corrected chi connectivity index (χ4v) is 1.58. The molecule has 1 amide bonds. The molecule has 0 atom stereocenters. The van der Waals surface area contributed by atoms with Gasteiger partial charge in [-0.25, -0.2) is 0 Å². The van der Waals surface area contributed by atoms with E-state index < -0.39 is 0 Å². The first-order chi connectivity index (χ1) is 8.30. The lowest BCUT2D eigenvalue weighted by Gasteiger charge is -2.27. The van der Waals surface area contributed by atoms with E-state index in [1.807, 2.05) is 27.9 Å². The number of carbonyl (C=O) groups excluding carboxylic acids is 1. The number of anilines is 1. The monoisotopic (exact) mass is 249 g/mol. The molecule has 0 aromatic heterocycles. The highest BCUT2D eigenvalue weighted by atomic mass is 16.1. The molecule has 18 heavy (non-hydrogen) atoms. The summed E-state index contributed by atoms with van der Waals surface area (Å²) in [6.07, 6.45) is 0.903. The van der Waals surface area contributed by atoms with Gasteiger partial charge < -0.3 is 16.0 Å². The molecule has 0 unspecified atom stereocenters. The van der Waals surface area contributed by atoms with E-state index in [1.165, 1.54) is 0 Å². The van der Waals surface area contributed by atoms with Gasteiger partial charge in [0.25, 0.3) is 5.91 Å². The molecule has 0 spiro atoms. The maximum atomic E-state index is 12.1. The molecular weight excluding hydrogens is 226 g/mol. The van der Waals surface area contributed by atoms with Gasteiger partial charge in [0.1, 0.15) is 0 Å². The van der Waals surface area contributed by atoms with Crippen molar-refractivity contribution in [1.82, 2.24) is 10.2 Å². The summed E-state index contributed by atoms with van der Waals surface area (Å²) in [6, 6.07) is 6.96. The number of amides is 1. The third kappa shape index (κ3) is 4.75. The third-order valence-electron chi connectivity index (χ3n) is 2.81. The zero-order valence-corrected chi connectivity index (χ0v) is 11.7. The molecule has 4 nitrogen and oxygen atoms in total. The molecule has 0 saturated carbocycles. The molecule has 100 valence electrons. The number of nitrogens with one attached hydrogen (secondary N) is 1. The van der Waals surface area contributed by atoms with E-state index in [9.17, 15) is 4.79 Å². The van der Waals surface area contributed by atoms with E-state index in [0.717, 1.165) is 13.0 Å². The van der Waals surface area contributed by atoms with Crippen LogP contribution in [-0.4, -0.2) is 37.0 Å². The van der Waals surface area contributed by atoms with E-state index in [4.69, 9.17) is 5.73 Å². The first-order valence-corrected chi connectivity index (χ1v) is 6.13. The second-order valence-electron chi connectivity index (χ2n) is 5.51. The minimum absolute atomic E-state index is 0.0567. The lowest BCUT2D eigenvalue weighted by Crippen LogP contribution is -2.45. The summed E-state index contributed by atoms with van der Waals surface area (Å²) in [5.41, 5.74) is 6.68. The van der Waals surface area contributed by atoms with E-state index in [-0.39, 0.29) is 11.4 Å². The summed E-state index contributed by atoms with van der Waals surface area (Å²) in [4.78, 5) is 14.2. The number of hydrogen-bond acceptors (Lipinski definition) is 3. The SMILES string of the molecule is CN(C)CCC(C)(C)NC(=O)c1ccc(N)cc1. The van der Waals surface area contributed by atoms with Gasteiger partial charge in [-0.2, -0.15) is 0 Å². The average molecular weight is 249 g/mol. The van der Waals surface area contributed by atoms with Crippen LogP contribution in [0.5, 0.6) is 0 Å². The van der Waals surface area contributed by atoms with Crippen molar-refractivity contribution in [2.24, 2.45) is 0 Å². The van der Waals surface area contributed by atoms with Crippen LogP contribution in [0.4, 0.5) is 5.69 Å². The van der Waals surface area contributed by atoms with E-state index in [2.05, 4.69) is 10.2 Å². The second-order valence-corrected chi connectivity index (χ2v) is 5.51. The summed E-state index contributed by atoms with van der Waals surface area (Å²) < 4.78 is 0. The lowest BCUT2D eigenvalue weighted by molar-refractivity contribution is 0.0905. The summed E-state index contributed by atoms with van der Waals surface area (Å²) in [5, 5.41) is 3.04. The normalized spacial score (nSPS) is 11.6. The van der Waals surface area contributed by atoms with Crippen molar-refractivity contribution >= 4 is 11.6 Å². The lowest BCUT2D eigenvalue weighted by atomic mass is 9.99. The van der Waals surface area contributed by atoms with Crippen molar-refractivity contribution in [2.45, 2.75) is 25.8 Å². The molecule has 1 rings (SSSR count). The van der Waals surface area contributed by atoms with E-state index in [0.29, 0.717) is 11.3 Å². The molecule has 4 heteroatoms. The van der Waals surface area contributed by atoms with Gasteiger partial charge in [-0.3, -0.25) is 4.79 Å². The van der Waals surface area contributed by atoms with Crippen molar-refractivity contribution in [3.63, 3.8) is 0 Å². The highest BCUT2D eigenvalue weighted by Gasteiger charge is 2.20. The van der Waals surface area contributed by atoms with Crippen LogP contribution < -0.4 is 11.1 Å². The minimum atomic E-state index is -0.220. The molecule has 0 bridgehead atoms. The van der Waals surface area contributed by atoms with Crippen molar-refractivity contribution in [3.8, 4) is 0 Å². The molecule has 0 saturated heterocycles. The maximum absolute atomic E-state index is 12.1. The highest BCUT2D eigenvalue weighted by Crippen LogP contribution is 2.11. The van der Waals surface area contributed by atoms with Crippen LogP contribution in [0.25, 0.3) is 0 Å². The van der Waals surface area contributed by atoms with Crippen LogP contribution >= 0.6 is 0 Å². The molecule has 0 fully saturated rings. The largest absolute Gasteiger partial charge is 0.399 e. The van der Waals surface area contributed by atoms with Crippen LogP contribution in [-0.2, 0) is 0 Å². The van der Waals surface area contributed by atoms with E-state index >= 15 is 0 Å². The predicted molar refractivity (Wildman–Crippen MR) is 75.6 cm³/mol. The molecule has 0 aliphatic heterocycles. The number of nitrogen functional groups attached to an aromatic ring is 1. The summed E-state index contributed by atoms with van der Waals surface area (Å²) in [5.74, 6) is -0.0567. The highest BCUT2D eigenvalue weighted by molar-refractivity contribution is 5.94. The van der Waals surface area contributed by atoms with Gasteiger partial charge >= 0.3 is 0 Å². The Bertz CT molecular complexity index is 396. The van der Waals surface area contributed by atoms with Gasteiger partial charge in [-0.15, -0.1) is 0 Å². The Morgan fingerprint density at radius 2 is 1.83 bits per heavy atom. The molecule has 1 aromatic rings.